The van der Waals surface area contributed by atoms with Gasteiger partial charge in [-0.2, -0.15) is 0 Å². The fraction of sp³-hybridized carbons (Fsp3) is 0.267. The summed E-state index contributed by atoms with van der Waals surface area (Å²) in [6.07, 6.45) is 0.755. The number of likely N-dealkylation sites (tertiary alicyclic amines) is 1. The molecule has 7 heteroatoms. The Morgan fingerprint density at radius 2 is 1.91 bits per heavy atom. The first-order valence-electron chi connectivity index (χ1n) is 6.91. The van der Waals surface area contributed by atoms with Crippen molar-refractivity contribution in [3.05, 3.63) is 68.2 Å². The van der Waals surface area contributed by atoms with E-state index in [1.165, 1.54) is 12.1 Å². The molecule has 0 radical (unpaired) electrons. The molecule has 6 nitrogen and oxygen atoms in total. The molecule has 2 aromatic rings. The monoisotopic (exact) mass is 303 g/mol. The number of carbonyl (C=O) groups is 1. The van der Waals surface area contributed by atoms with Gasteiger partial charge in [0, 0.05) is 25.1 Å². The van der Waals surface area contributed by atoms with Crippen molar-refractivity contribution in [3.8, 4) is 0 Å². The van der Waals surface area contributed by atoms with Gasteiger partial charge in [-0.25, -0.2) is 9.18 Å². The van der Waals surface area contributed by atoms with E-state index >= 15 is 0 Å². The molecule has 0 spiro atoms. The lowest BCUT2D eigenvalue weighted by Gasteiger charge is -2.16. The second-order valence-corrected chi connectivity index (χ2v) is 5.29. The lowest BCUT2D eigenvalue weighted by Crippen LogP contribution is -2.33. The van der Waals surface area contributed by atoms with Gasteiger partial charge in [0.05, 0.1) is 0 Å². The zero-order valence-corrected chi connectivity index (χ0v) is 11.6. The molecule has 1 aromatic carbocycles. The van der Waals surface area contributed by atoms with E-state index in [4.69, 9.17) is 0 Å². The van der Waals surface area contributed by atoms with E-state index < -0.39 is 11.2 Å². The minimum Gasteiger partial charge on any atom is -0.337 e. The molecule has 1 aliphatic heterocycles. The highest BCUT2D eigenvalue weighted by Gasteiger charge is 2.28. The number of carbonyl (C=O) groups excluding carboxylic acids is 1. The van der Waals surface area contributed by atoms with Crippen LogP contribution in [0.25, 0.3) is 0 Å². The summed E-state index contributed by atoms with van der Waals surface area (Å²) in [4.78, 5) is 40.8. The average molecular weight is 303 g/mol. The van der Waals surface area contributed by atoms with Gasteiger partial charge in [-0.15, -0.1) is 0 Å². The third-order valence-corrected chi connectivity index (χ3v) is 3.81. The Balaban J connectivity index is 1.77. The average Bonchev–Trinajstić information content (AvgIpc) is 2.96. The van der Waals surface area contributed by atoms with Crippen LogP contribution in [-0.4, -0.2) is 33.9 Å². The Labute approximate surface area is 124 Å². The zero-order chi connectivity index (χ0) is 15.7. The maximum atomic E-state index is 12.9. The van der Waals surface area contributed by atoms with Crippen LogP contribution < -0.4 is 11.2 Å². The normalized spacial score (nSPS) is 17.7. The van der Waals surface area contributed by atoms with Gasteiger partial charge in [-0.05, 0) is 24.1 Å². The van der Waals surface area contributed by atoms with Gasteiger partial charge in [0.25, 0.3) is 11.5 Å². The van der Waals surface area contributed by atoms with Crippen LogP contribution in [0.2, 0.25) is 0 Å². The number of hydrogen-bond acceptors (Lipinski definition) is 3. The van der Waals surface area contributed by atoms with Crippen LogP contribution in [0.3, 0.4) is 0 Å². The van der Waals surface area contributed by atoms with Gasteiger partial charge in [0.15, 0.2) is 0 Å². The summed E-state index contributed by atoms with van der Waals surface area (Å²) >= 11 is 0. The number of H-pyrrole nitrogens is 2. The Morgan fingerprint density at radius 1 is 1.18 bits per heavy atom. The first-order valence-corrected chi connectivity index (χ1v) is 6.91. The van der Waals surface area contributed by atoms with Crippen LogP contribution in [0.5, 0.6) is 0 Å². The van der Waals surface area contributed by atoms with Crippen LogP contribution in [0, 0.1) is 5.82 Å². The number of aromatic nitrogens is 2. The minimum absolute atomic E-state index is 0.0199. The fourth-order valence-corrected chi connectivity index (χ4v) is 2.71. The number of rotatable bonds is 2. The van der Waals surface area contributed by atoms with E-state index in [0.717, 1.165) is 18.1 Å². The van der Waals surface area contributed by atoms with E-state index in [2.05, 4.69) is 4.98 Å². The van der Waals surface area contributed by atoms with E-state index in [-0.39, 0.29) is 23.3 Å². The van der Waals surface area contributed by atoms with Crippen LogP contribution in [0.4, 0.5) is 4.39 Å². The Bertz CT molecular complexity index is 782. The minimum atomic E-state index is -0.704. The lowest BCUT2D eigenvalue weighted by atomic mass is 9.99. The lowest BCUT2D eigenvalue weighted by molar-refractivity contribution is 0.0784. The summed E-state index contributed by atoms with van der Waals surface area (Å²) in [7, 11) is 0. The molecule has 1 aliphatic rings. The molecule has 0 saturated carbocycles. The molecule has 1 atom stereocenters. The van der Waals surface area contributed by atoms with Crippen molar-refractivity contribution < 1.29 is 9.18 Å². The SMILES string of the molecule is O=C(c1cc(=O)[nH]c(=O)[nH]1)N1CC[C@H](c2ccc(F)cc2)C1. The van der Waals surface area contributed by atoms with E-state index in [0.29, 0.717) is 13.1 Å². The van der Waals surface area contributed by atoms with Gasteiger partial charge in [0.1, 0.15) is 11.5 Å². The standard InChI is InChI=1S/C15H14FN3O3/c16-11-3-1-9(2-4-11)10-5-6-19(8-10)14(21)12-7-13(20)18-15(22)17-12/h1-4,7,10H,5-6,8H2,(H2,17,18,20,22)/t10-/m0/s1. The van der Waals surface area contributed by atoms with Crippen molar-refractivity contribution in [2.45, 2.75) is 12.3 Å². The summed E-state index contributed by atoms with van der Waals surface area (Å²) in [5.74, 6) is -0.554. The van der Waals surface area contributed by atoms with Crippen molar-refractivity contribution in [1.29, 1.82) is 0 Å². The molecule has 0 bridgehead atoms. The summed E-state index contributed by atoms with van der Waals surface area (Å²) in [6, 6.07) is 7.29. The Kier molecular flexibility index (Phi) is 3.62. The van der Waals surface area contributed by atoms with Crippen molar-refractivity contribution >= 4 is 5.91 Å². The highest BCUT2D eigenvalue weighted by molar-refractivity contribution is 5.92. The number of aromatic amines is 2. The number of benzene rings is 1. The third kappa shape index (κ3) is 2.83. The third-order valence-electron chi connectivity index (χ3n) is 3.81. The predicted octanol–water partition coefficient (Wildman–Crippen LogP) is 0.832. The number of halogens is 1. The highest BCUT2D eigenvalue weighted by Crippen LogP contribution is 2.27. The van der Waals surface area contributed by atoms with Crippen LogP contribution >= 0.6 is 0 Å². The first kappa shape index (κ1) is 14.2. The van der Waals surface area contributed by atoms with Crippen LogP contribution in [-0.2, 0) is 0 Å². The summed E-state index contributed by atoms with van der Waals surface area (Å²) in [5, 5.41) is 0. The summed E-state index contributed by atoms with van der Waals surface area (Å²) < 4.78 is 12.9. The smallest absolute Gasteiger partial charge is 0.326 e. The first-order chi connectivity index (χ1) is 10.5. The molecular formula is C15H14FN3O3. The Hall–Kier alpha value is -2.70. The molecule has 2 N–H and O–H groups in total. The Morgan fingerprint density at radius 3 is 2.59 bits per heavy atom. The van der Waals surface area contributed by atoms with Crippen molar-refractivity contribution in [3.63, 3.8) is 0 Å². The zero-order valence-electron chi connectivity index (χ0n) is 11.6. The topological polar surface area (TPSA) is 86.0 Å². The quantitative estimate of drug-likeness (QED) is 0.861. The predicted molar refractivity (Wildman–Crippen MR) is 77.3 cm³/mol. The maximum Gasteiger partial charge on any atom is 0.326 e. The molecule has 3 rings (SSSR count). The second kappa shape index (κ2) is 5.59. The molecule has 1 saturated heterocycles. The fourth-order valence-electron chi connectivity index (χ4n) is 2.71. The molecule has 0 unspecified atom stereocenters. The number of nitrogens with zero attached hydrogens (tertiary/aromatic N) is 1. The molecule has 2 heterocycles. The summed E-state index contributed by atoms with van der Waals surface area (Å²) in [5.41, 5.74) is -0.365. The van der Waals surface area contributed by atoms with Gasteiger partial charge in [-0.3, -0.25) is 14.6 Å². The van der Waals surface area contributed by atoms with Crippen LogP contribution in [0.1, 0.15) is 28.4 Å². The molecule has 0 aliphatic carbocycles. The number of hydrogen-bond donors (Lipinski definition) is 2. The second-order valence-electron chi connectivity index (χ2n) is 5.29. The summed E-state index contributed by atoms with van der Waals surface area (Å²) in [6.45, 7) is 0.995. The molecule has 1 amide bonds. The number of nitrogens with one attached hydrogen (secondary N) is 2. The van der Waals surface area contributed by atoms with Gasteiger partial charge < -0.3 is 9.88 Å². The molecular weight excluding hydrogens is 289 g/mol. The molecule has 22 heavy (non-hydrogen) atoms. The maximum absolute atomic E-state index is 12.9. The molecule has 1 fully saturated rings. The van der Waals surface area contributed by atoms with Crippen molar-refractivity contribution in [1.82, 2.24) is 14.9 Å². The largest absolute Gasteiger partial charge is 0.337 e. The van der Waals surface area contributed by atoms with Crippen molar-refractivity contribution in [2.75, 3.05) is 13.1 Å². The number of amides is 1. The van der Waals surface area contributed by atoms with Gasteiger partial charge in [0.2, 0.25) is 0 Å². The van der Waals surface area contributed by atoms with Crippen LogP contribution in [0.15, 0.2) is 39.9 Å². The molecule has 1 aromatic heterocycles. The van der Waals surface area contributed by atoms with E-state index in [9.17, 15) is 18.8 Å². The highest BCUT2D eigenvalue weighted by atomic mass is 19.1. The van der Waals surface area contributed by atoms with E-state index in [1.807, 2.05) is 4.98 Å². The van der Waals surface area contributed by atoms with Gasteiger partial charge in [-0.1, -0.05) is 12.1 Å². The molecule has 114 valence electrons. The van der Waals surface area contributed by atoms with Crippen molar-refractivity contribution in [2.24, 2.45) is 0 Å². The van der Waals surface area contributed by atoms with E-state index in [1.54, 1.807) is 17.0 Å². The van der Waals surface area contributed by atoms with Gasteiger partial charge >= 0.3 is 5.69 Å².